The molecule has 0 aliphatic rings. The average Bonchev–Trinajstić information content (AvgIpc) is 2.14. The van der Waals surface area contributed by atoms with Crippen molar-refractivity contribution in [3.8, 4) is 0 Å². The summed E-state index contributed by atoms with van der Waals surface area (Å²) in [6, 6.07) is 0. The number of nitrogens with one attached hydrogen (secondary N) is 1. The van der Waals surface area contributed by atoms with Crippen molar-refractivity contribution in [2.45, 2.75) is 12.8 Å². The van der Waals surface area contributed by atoms with Gasteiger partial charge in [0.25, 0.3) is 0 Å². The van der Waals surface area contributed by atoms with Crippen molar-refractivity contribution in [1.29, 1.82) is 0 Å². The van der Waals surface area contributed by atoms with E-state index >= 15 is 0 Å². The second-order valence-electron chi connectivity index (χ2n) is 3.83. The first-order valence-electron chi connectivity index (χ1n) is 5.11. The van der Waals surface area contributed by atoms with Gasteiger partial charge in [0, 0.05) is 26.6 Å². The lowest BCUT2D eigenvalue weighted by Gasteiger charge is -2.18. The molecule has 0 aliphatic carbocycles. The molecule has 0 saturated carbocycles. The van der Waals surface area contributed by atoms with Crippen LogP contribution >= 0.6 is 0 Å². The highest BCUT2D eigenvalue weighted by atomic mass is 16.2. The van der Waals surface area contributed by atoms with Crippen LogP contribution in [0.2, 0.25) is 0 Å². The van der Waals surface area contributed by atoms with Crippen molar-refractivity contribution < 1.29 is 4.79 Å². The predicted octanol–water partition coefficient (Wildman–Crippen LogP) is 0.00600. The zero-order chi connectivity index (χ0) is 11.0. The summed E-state index contributed by atoms with van der Waals surface area (Å²) in [4.78, 5) is 15.4. The van der Waals surface area contributed by atoms with E-state index in [1.165, 1.54) is 0 Å². The first-order chi connectivity index (χ1) is 6.57. The minimum absolute atomic E-state index is 0.231. The van der Waals surface area contributed by atoms with Gasteiger partial charge in [-0.1, -0.05) is 0 Å². The maximum absolute atomic E-state index is 11.5. The van der Waals surface area contributed by atoms with E-state index in [4.69, 9.17) is 0 Å². The van der Waals surface area contributed by atoms with Gasteiger partial charge >= 0.3 is 0 Å². The summed E-state index contributed by atoms with van der Waals surface area (Å²) < 4.78 is 0. The van der Waals surface area contributed by atoms with Gasteiger partial charge in [-0.25, -0.2) is 0 Å². The van der Waals surface area contributed by atoms with Crippen LogP contribution in [0, 0.1) is 0 Å². The lowest BCUT2D eigenvalue weighted by Crippen LogP contribution is -2.31. The first kappa shape index (κ1) is 13.4. The molecule has 0 heterocycles. The number of carbonyl (C=O) groups is 1. The van der Waals surface area contributed by atoms with Crippen LogP contribution in [0.4, 0.5) is 0 Å². The van der Waals surface area contributed by atoms with Gasteiger partial charge < -0.3 is 15.1 Å². The standard InChI is InChI=1S/C10H23N3O/c1-11-7-5-8-13(4)10(14)6-9-12(2)3/h11H,5-9H2,1-4H3. The Bertz CT molecular complexity index is 159. The predicted molar refractivity (Wildman–Crippen MR) is 59.4 cm³/mol. The molecule has 0 aromatic rings. The van der Waals surface area contributed by atoms with Crippen LogP contribution in [0.3, 0.4) is 0 Å². The molecule has 84 valence electrons. The molecule has 1 amide bonds. The van der Waals surface area contributed by atoms with Crippen molar-refractivity contribution >= 4 is 5.91 Å². The van der Waals surface area contributed by atoms with Gasteiger partial charge in [0.05, 0.1) is 0 Å². The molecule has 4 nitrogen and oxygen atoms in total. The summed E-state index contributed by atoms with van der Waals surface area (Å²) in [6.07, 6.45) is 1.63. The Hall–Kier alpha value is -0.610. The topological polar surface area (TPSA) is 35.6 Å². The van der Waals surface area contributed by atoms with Gasteiger partial charge in [-0.05, 0) is 34.1 Å². The van der Waals surface area contributed by atoms with Gasteiger partial charge in [-0.15, -0.1) is 0 Å². The number of amides is 1. The van der Waals surface area contributed by atoms with Gasteiger partial charge in [0.15, 0.2) is 0 Å². The van der Waals surface area contributed by atoms with Crippen LogP contribution in [-0.2, 0) is 4.79 Å². The summed E-state index contributed by atoms with van der Waals surface area (Å²) >= 11 is 0. The van der Waals surface area contributed by atoms with Crippen molar-refractivity contribution in [1.82, 2.24) is 15.1 Å². The molecule has 1 N–H and O–H groups in total. The SMILES string of the molecule is CNCCCN(C)C(=O)CCN(C)C. The van der Waals surface area contributed by atoms with Crippen LogP contribution in [0.5, 0.6) is 0 Å². The molecule has 0 aromatic carbocycles. The van der Waals surface area contributed by atoms with Crippen molar-refractivity contribution in [2.24, 2.45) is 0 Å². The summed E-state index contributed by atoms with van der Waals surface area (Å²) in [6.45, 7) is 2.63. The Morgan fingerprint density at radius 2 is 1.86 bits per heavy atom. The van der Waals surface area contributed by atoms with Crippen molar-refractivity contribution in [3.63, 3.8) is 0 Å². The molecule has 0 rings (SSSR count). The van der Waals surface area contributed by atoms with Gasteiger partial charge in [-0.2, -0.15) is 0 Å². The lowest BCUT2D eigenvalue weighted by atomic mass is 10.3. The van der Waals surface area contributed by atoms with Crippen molar-refractivity contribution in [2.75, 3.05) is 47.8 Å². The van der Waals surface area contributed by atoms with E-state index in [2.05, 4.69) is 5.32 Å². The molecule has 14 heavy (non-hydrogen) atoms. The Morgan fingerprint density at radius 3 is 2.36 bits per heavy atom. The van der Waals surface area contributed by atoms with Crippen LogP contribution in [0.25, 0.3) is 0 Å². The molecule has 0 aliphatic heterocycles. The Balaban J connectivity index is 3.54. The largest absolute Gasteiger partial charge is 0.346 e. The molecular formula is C10H23N3O. The summed E-state index contributed by atoms with van der Waals surface area (Å²) in [5, 5.41) is 3.07. The fourth-order valence-corrected chi connectivity index (χ4v) is 1.13. The number of hydrogen-bond donors (Lipinski definition) is 1. The normalized spacial score (nSPS) is 10.6. The number of hydrogen-bond acceptors (Lipinski definition) is 3. The first-order valence-corrected chi connectivity index (χ1v) is 5.11. The average molecular weight is 201 g/mol. The van der Waals surface area contributed by atoms with E-state index in [1.54, 1.807) is 4.90 Å². The fraction of sp³-hybridized carbons (Fsp3) is 0.900. The van der Waals surface area contributed by atoms with Crippen LogP contribution in [0.1, 0.15) is 12.8 Å². The summed E-state index contributed by atoms with van der Waals surface area (Å²) in [5.74, 6) is 0.231. The maximum atomic E-state index is 11.5. The minimum Gasteiger partial charge on any atom is -0.346 e. The minimum atomic E-state index is 0.231. The molecular weight excluding hydrogens is 178 g/mol. The molecule has 4 heteroatoms. The number of nitrogens with zero attached hydrogens (tertiary/aromatic N) is 2. The Morgan fingerprint density at radius 1 is 1.21 bits per heavy atom. The van der Waals surface area contributed by atoms with E-state index in [-0.39, 0.29) is 5.91 Å². The molecule has 0 fully saturated rings. The number of rotatable bonds is 7. The van der Waals surface area contributed by atoms with Gasteiger partial charge in [-0.3, -0.25) is 4.79 Å². The second-order valence-corrected chi connectivity index (χ2v) is 3.83. The van der Waals surface area contributed by atoms with Gasteiger partial charge in [0.1, 0.15) is 0 Å². The third-order valence-corrected chi connectivity index (χ3v) is 2.12. The van der Waals surface area contributed by atoms with E-state index in [0.717, 1.165) is 26.1 Å². The third kappa shape index (κ3) is 6.86. The molecule has 0 radical (unpaired) electrons. The summed E-state index contributed by atoms with van der Waals surface area (Å²) in [7, 11) is 7.75. The molecule has 0 unspecified atom stereocenters. The zero-order valence-corrected chi connectivity index (χ0v) is 9.84. The number of carbonyl (C=O) groups excluding carboxylic acids is 1. The van der Waals surface area contributed by atoms with E-state index < -0.39 is 0 Å². The molecule has 0 spiro atoms. The molecule has 0 saturated heterocycles. The molecule has 0 bridgehead atoms. The molecule has 0 aromatic heterocycles. The van der Waals surface area contributed by atoms with E-state index in [1.807, 2.05) is 33.1 Å². The molecule has 0 atom stereocenters. The van der Waals surface area contributed by atoms with Crippen LogP contribution in [0.15, 0.2) is 0 Å². The Labute approximate surface area is 87.3 Å². The van der Waals surface area contributed by atoms with Crippen LogP contribution < -0.4 is 5.32 Å². The maximum Gasteiger partial charge on any atom is 0.223 e. The highest BCUT2D eigenvalue weighted by molar-refractivity contribution is 5.75. The lowest BCUT2D eigenvalue weighted by molar-refractivity contribution is -0.130. The summed E-state index contributed by atoms with van der Waals surface area (Å²) in [5.41, 5.74) is 0. The Kier molecular flexibility index (Phi) is 7.42. The smallest absolute Gasteiger partial charge is 0.223 e. The highest BCUT2D eigenvalue weighted by Crippen LogP contribution is 1.93. The van der Waals surface area contributed by atoms with E-state index in [0.29, 0.717) is 6.42 Å². The fourth-order valence-electron chi connectivity index (χ4n) is 1.13. The zero-order valence-electron chi connectivity index (χ0n) is 9.84. The van der Waals surface area contributed by atoms with Gasteiger partial charge in [0.2, 0.25) is 5.91 Å². The van der Waals surface area contributed by atoms with E-state index in [9.17, 15) is 4.79 Å². The second kappa shape index (κ2) is 7.76. The van der Waals surface area contributed by atoms with Crippen LogP contribution in [-0.4, -0.2) is 63.5 Å². The third-order valence-electron chi connectivity index (χ3n) is 2.12. The highest BCUT2D eigenvalue weighted by Gasteiger charge is 2.07. The monoisotopic (exact) mass is 201 g/mol. The quantitative estimate of drug-likeness (QED) is 0.589. The van der Waals surface area contributed by atoms with Crippen molar-refractivity contribution in [3.05, 3.63) is 0 Å².